The molecular formula is C15H21FN2O4S. The first-order valence-corrected chi connectivity index (χ1v) is 7.94. The van der Waals surface area contributed by atoms with Crippen LogP contribution in [0.3, 0.4) is 0 Å². The highest BCUT2D eigenvalue weighted by molar-refractivity contribution is 7.91. The summed E-state index contributed by atoms with van der Waals surface area (Å²) in [5.41, 5.74) is 0.407. The highest BCUT2D eigenvalue weighted by Crippen LogP contribution is 2.38. The van der Waals surface area contributed by atoms with E-state index >= 15 is 0 Å². The number of piperidine rings is 1. The molecule has 8 heteroatoms. The van der Waals surface area contributed by atoms with Crippen molar-refractivity contribution in [1.82, 2.24) is 9.62 Å². The summed E-state index contributed by atoms with van der Waals surface area (Å²) in [6.45, 7) is 1.18. The zero-order chi connectivity index (χ0) is 16.8. The van der Waals surface area contributed by atoms with Crippen LogP contribution in [-0.4, -0.2) is 50.7 Å². The summed E-state index contributed by atoms with van der Waals surface area (Å²) in [6, 6.07) is 3.11. The molecule has 1 N–H and O–H groups in total. The molecule has 1 amide bonds. The van der Waals surface area contributed by atoms with Crippen molar-refractivity contribution in [2.45, 2.75) is 18.9 Å². The van der Waals surface area contributed by atoms with Gasteiger partial charge in [-0.25, -0.2) is 4.31 Å². The number of benzene rings is 1. The SMILES string of the molecule is COc1cc(C(=O)NC2CCCN(SF)C2)cc(OC)c1OC. The number of rotatable bonds is 6. The number of hydrogen-bond donors (Lipinski definition) is 1. The molecule has 1 saturated heterocycles. The number of ether oxygens (including phenoxy) is 3. The van der Waals surface area contributed by atoms with Crippen molar-refractivity contribution < 1.29 is 22.9 Å². The average Bonchev–Trinajstić information content (AvgIpc) is 2.60. The molecule has 0 radical (unpaired) electrons. The summed E-state index contributed by atoms with van der Waals surface area (Å²) < 4.78 is 30.0. The summed E-state index contributed by atoms with van der Waals surface area (Å²) >= 11 is 0.215. The van der Waals surface area contributed by atoms with E-state index in [1.54, 1.807) is 16.4 Å². The molecule has 128 valence electrons. The van der Waals surface area contributed by atoms with Crippen LogP contribution in [0.2, 0.25) is 0 Å². The van der Waals surface area contributed by atoms with Gasteiger partial charge in [0.2, 0.25) is 5.75 Å². The Morgan fingerprint density at radius 2 is 1.91 bits per heavy atom. The lowest BCUT2D eigenvalue weighted by molar-refractivity contribution is 0.0922. The molecule has 0 saturated carbocycles. The van der Waals surface area contributed by atoms with E-state index in [1.165, 1.54) is 21.3 Å². The molecule has 1 heterocycles. The second-order valence-corrected chi connectivity index (χ2v) is 5.84. The van der Waals surface area contributed by atoms with Gasteiger partial charge >= 0.3 is 0 Å². The van der Waals surface area contributed by atoms with E-state index in [-0.39, 0.29) is 24.3 Å². The minimum Gasteiger partial charge on any atom is -0.493 e. The van der Waals surface area contributed by atoms with Gasteiger partial charge in [0.05, 0.1) is 21.3 Å². The summed E-state index contributed by atoms with van der Waals surface area (Å²) in [7, 11) is 4.50. The number of amides is 1. The van der Waals surface area contributed by atoms with Gasteiger partial charge in [0.15, 0.2) is 11.5 Å². The molecule has 1 unspecified atom stereocenters. The van der Waals surface area contributed by atoms with Gasteiger partial charge < -0.3 is 19.5 Å². The van der Waals surface area contributed by atoms with Crippen LogP contribution in [0.25, 0.3) is 0 Å². The first-order valence-electron chi connectivity index (χ1n) is 7.27. The third-order valence-electron chi connectivity index (χ3n) is 3.74. The van der Waals surface area contributed by atoms with E-state index in [9.17, 15) is 8.68 Å². The van der Waals surface area contributed by atoms with Crippen molar-refractivity contribution in [2.24, 2.45) is 0 Å². The normalized spacial score (nSPS) is 18.3. The van der Waals surface area contributed by atoms with E-state index in [0.29, 0.717) is 35.9 Å². The van der Waals surface area contributed by atoms with Gasteiger partial charge in [-0.15, -0.1) is 3.89 Å². The van der Waals surface area contributed by atoms with Gasteiger partial charge in [0, 0.05) is 24.7 Å². The van der Waals surface area contributed by atoms with Crippen molar-refractivity contribution in [3.05, 3.63) is 17.7 Å². The molecular weight excluding hydrogens is 323 g/mol. The Morgan fingerprint density at radius 3 is 2.43 bits per heavy atom. The molecule has 0 aromatic heterocycles. The Bertz CT molecular complexity index is 533. The predicted molar refractivity (Wildman–Crippen MR) is 86.9 cm³/mol. The third kappa shape index (κ3) is 4.20. The lowest BCUT2D eigenvalue weighted by atomic mass is 10.1. The van der Waals surface area contributed by atoms with Gasteiger partial charge in [-0.3, -0.25) is 4.79 Å². The number of halogens is 1. The fraction of sp³-hybridized carbons (Fsp3) is 0.533. The Morgan fingerprint density at radius 1 is 1.26 bits per heavy atom. The first-order chi connectivity index (χ1) is 11.1. The number of nitrogens with one attached hydrogen (secondary N) is 1. The van der Waals surface area contributed by atoms with E-state index in [4.69, 9.17) is 14.2 Å². The number of carbonyl (C=O) groups is 1. The minimum atomic E-state index is -0.250. The topological polar surface area (TPSA) is 60.0 Å². The van der Waals surface area contributed by atoms with E-state index in [2.05, 4.69) is 5.32 Å². The Labute approximate surface area is 139 Å². The van der Waals surface area contributed by atoms with Crippen molar-refractivity contribution in [3.63, 3.8) is 0 Å². The molecule has 2 rings (SSSR count). The van der Waals surface area contributed by atoms with Crippen molar-refractivity contribution in [1.29, 1.82) is 0 Å². The fourth-order valence-electron chi connectivity index (χ4n) is 2.60. The average molecular weight is 344 g/mol. The molecule has 1 atom stereocenters. The maximum atomic E-state index is 12.7. The zero-order valence-corrected chi connectivity index (χ0v) is 14.2. The number of hydrogen-bond acceptors (Lipinski definition) is 6. The molecule has 1 aliphatic rings. The smallest absolute Gasteiger partial charge is 0.251 e. The lowest BCUT2D eigenvalue weighted by Crippen LogP contribution is -2.45. The number of carbonyl (C=O) groups excluding carboxylic acids is 1. The lowest BCUT2D eigenvalue weighted by Gasteiger charge is -2.29. The molecule has 0 spiro atoms. The summed E-state index contributed by atoms with van der Waals surface area (Å²) in [4.78, 5) is 12.5. The molecule has 0 bridgehead atoms. The molecule has 1 aliphatic heterocycles. The summed E-state index contributed by atoms with van der Waals surface area (Å²) in [6.07, 6.45) is 1.67. The van der Waals surface area contributed by atoms with Crippen LogP contribution in [0.15, 0.2) is 12.1 Å². The van der Waals surface area contributed by atoms with Crippen molar-refractivity contribution in [2.75, 3.05) is 34.4 Å². The second-order valence-electron chi connectivity index (χ2n) is 5.18. The van der Waals surface area contributed by atoms with E-state index in [0.717, 1.165) is 12.8 Å². The zero-order valence-electron chi connectivity index (χ0n) is 13.4. The largest absolute Gasteiger partial charge is 0.493 e. The minimum absolute atomic E-state index is 0.0846. The number of methoxy groups -OCH3 is 3. The highest BCUT2D eigenvalue weighted by atomic mass is 32.2. The van der Waals surface area contributed by atoms with Crippen LogP contribution in [0.1, 0.15) is 23.2 Å². The molecule has 23 heavy (non-hydrogen) atoms. The second kappa shape index (κ2) is 8.26. The molecule has 1 aromatic carbocycles. The maximum Gasteiger partial charge on any atom is 0.251 e. The fourth-order valence-corrected chi connectivity index (χ4v) is 3.04. The van der Waals surface area contributed by atoms with Crippen LogP contribution in [-0.2, 0) is 0 Å². The molecule has 0 aliphatic carbocycles. The highest BCUT2D eigenvalue weighted by Gasteiger charge is 2.24. The Balaban J connectivity index is 2.15. The van der Waals surface area contributed by atoms with Crippen molar-refractivity contribution in [3.8, 4) is 17.2 Å². The third-order valence-corrected chi connectivity index (χ3v) is 4.27. The van der Waals surface area contributed by atoms with E-state index in [1.807, 2.05) is 0 Å². The molecule has 1 aromatic rings. The van der Waals surface area contributed by atoms with Crippen LogP contribution in [0, 0.1) is 0 Å². The predicted octanol–water partition coefficient (Wildman–Crippen LogP) is 2.44. The van der Waals surface area contributed by atoms with Gasteiger partial charge in [-0.1, -0.05) is 0 Å². The molecule has 1 fully saturated rings. The van der Waals surface area contributed by atoms with E-state index < -0.39 is 0 Å². The van der Waals surface area contributed by atoms with Gasteiger partial charge in [-0.05, 0) is 25.0 Å². The quantitative estimate of drug-likeness (QED) is 0.800. The Kier molecular flexibility index (Phi) is 6.35. The molecule has 6 nitrogen and oxygen atoms in total. The monoisotopic (exact) mass is 344 g/mol. The van der Waals surface area contributed by atoms with Crippen LogP contribution in [0.5, 0.6) is 17.2 Å². The summed E-state index contributed by atoms with van der Waals surface area (Å²) in [5, 5.41) is 2.93. The number of nitrogens with zero attached hydrogens (tertiary/aromatic N) is 1. The first kappa shape index (κ1) is 17.7. The van der Waals surface area contributed by atoms with Crippen molar-refractivity contribution >= 4 is 18.2 Å². The standard InChI is InChI=1S/C15H21FN2O4S/c1-20-12-7-10(8-13(21-2)14(12)22-3)15(19)17-11-5-4-6-18(9-11)23-16/h7-8,11H,4-6,9H2,1-3H3,(H,17,19). The van der Waals surface area contributed by atoms with Crippen LogP contribution < -0.4 is 19.5 Å². The van der Waals surface area contributed by atoms with Gasteiger partial charge in [0.25, 0.3) is 5.91 Å². The van der Waals surface area contributed by atoms with Crippen LogP contribution >= 0.6 is 12.3 Å². The summed E-state index contributed by atoms with van der Waals surface area (Å²) in [5.74, 6) is 1.02. The Hall–Kier alpha value is -1.67. The van der Waals surface area contributed by atoms with Gasteiger partial charge in [0.1, 0.15) is 12.3 Å². The maximum absolute atomic E-state index is 12.7. The van der Waals surface area contributed by atoms with Gasteiger partial charge in [-0.2, -0.15) is 0 Å². The van der Waals surface area contributed by atoms with Crippen LogP contribution in [0.4, 0.5) is 3.89 Å².